The molecular weight excluding hydrogens is 250 g/mol. The number of nitrogens with one attached hydrogen (secondary N) is 1. The molecule has 1 aliphatic rings. The van der Waals surface area contributed by atoms with Gasteiger partial charge >= 0.3 is 0 Å². The van der Waals surface area contributed by atoms with E-state index in [2.05, 4.69) is 49.9 Å². The summed E-state index contributed by atoms with van der Waals surface area (Å²) in [7, 11) is 2.10. The van der Waals surface area contributed by atoms with Crippen LogP contribution in [0.4, 0.5) is 6.01 Å². The third kappa shape index (κ3) is 4.23. The third-order valence-corrected chi connectivity index (χ3v) is 4.17. The second kappa shape index (κ2) is 6.17. The van der Waals surface area contributed by atoms with Crippen LogP contribution in [-0.4, -0.2) is 23.6 Å². The molecule has 4 nitrogen and oxygen atoms in total. The molecule has 0 saturated heterocycles. The van der Waals surface area contributed by atoms with Crippen LogP contribution in [0.2, 0.25) is 0 Å². The Morgan fingerprint density at radius 1 is 1.30 bits per heavy atom. The van der Waals surface area contributed by atoms with E-state index in [0.717, 1.165) is 24.2 Å². The normalized spacial score (nSPS) is 23.9. The standard InChI is InChI=1S/C16H29N3O/c1-12-6-8-14(9-7-12)19(5)15-18-13(11-20-15)10-17-16(2,3)4/h11-12,14,17H,6-10H2,1-5H3. The zero-order chi connectivity index (χ0) is 14.8. The summed E-state index contributed by atoms with van der Waals surface area (Å²) in [4.78, 5) is 6.82. The average Bonchev–Trinajstić information content (AvgIpc) is 2.84. The Hall–Kier alpha value is -1.03. The summed E-state index contributed by atoms with van der Waals surface area (Å²) in [5.41, 5.74) is 1.08. The first-order chi connectivity index (χ1) is 9.35. The van der Waals surface area contributed by atoms with Crippen LogP contribution in [0.3, 0.4) is 0 Å². The van der Waals surface area contributed by atoms with Crippen LogP contribution in [0.5, 0.6) is 0 Å². The molecule has 1 aliphatic carbocycles. The van der Waals surface area contributed by atoms with Crippen LogP contribution in [0.25, 0.3) is 0 Å². The van der Waals surface area contributed by atoms with Crippen molar-refractivity contribution in [1.82, 2.24) is 10.3 Å². The molecule has 1 fully saturated rings. The summed E-state index contributed by atoms with van der Waals surface area (Å²) in [5, 5.41) is 3.43. The monoisotopic (exact) mass is 279 g/mol. The lowest BCUT2D eigenvalue weighted by molar-refractivity contribution is 0.332. The number of rotatable bonds is 4. The van der Waals surface area contributed by atoms with E-state index in [0.29, 0.717) is 6.04 Å². The molecule has 0 bridgehead atoms. The average molecular weight is 279 g/mol. The Morgan fingerprint density at radius 3 is 2.55 bits per heavy atom. The number of hydrogen-bond donors (Lipinski definition) is 1. The van der Waals surface area contributed by atoms with E-state index in [1.165, 1.54) is 25.7 Å². The summed E-state index contributed by atoms with van der Waals surface area (Å²) in [6.07, 6.45) is 6.89. The van der Waals surface area contributed by atoms with E-state index in [4.69, 9.17) is 4.42 Å². The molecule has 0 aromatic carbocycles. The van der Waals surface area contributed by atoms with Crippen molar-refractivity contribution in [2.24, 2.45) is 5.92 Å². The molecule has 1 N–H and O–H groups in total. The maximum atomic E-state index is 5.65. The van der Waals surface area contributed by atoms with Crippen molar-refractivity contribution in [3.8, 4) is 0 Å². The van der Waals surface area contributed by atoms with E-state index in [1.54, 1.807) is 6.26 Å². The van der Waals surface area contributed by atoms with Gasteiger partial charge in [0.15, 0.2) is 0 Å². The number of nitrogens with zero attached hydrogens (tertiary/aromatic N) is 2. The molecule has 0 radical (unpaired) electrons. The number of anilines is 1. The summed E-state index contributed by atoms with van der Waals surface area (Å²) in [6, 6.07) is 1.34. The minimum Gasteiger partial charge on any atom is -0.432 e. The predicted octanol–water partition coefficient (Wildman–Crippen LogP) is 3.58. The van der Waals surface area contributed by atoms with Crippen LogP contribution in [0, 0.1) is 5.92 Å². The molecule has 1 aromatic heterocycles. The Bertz CT molecular complexity index is 414. The van der Waals surface area contributed by atoms with Crippen LogP contribution >= 0.6 is 0 Å². The Balaban J connectivity index is 1.91. The fourth-order valence-corrected chi connectivity index (χ4v) is 2.68. The largest absolute Gasteiger partial charge is 0.432 e. The maximum Gasteiger partial charge on any atom is 0.297 e. The van der Waals surface area contributed by atoms with Crippen molar-refractivity contribution >= 4 is 6.01 Å². The van der Waals surface area contributed by atoms with Gasteiger partial charge in [0.25, 0.3) is 6.01 Å². The van der Waals surface area contributed by atoms with Crippen LogP contribution < -0.4 is 10.2 Å². The minimum atomic E-state index is 0.102. The van der Waals surface area contributed by atoms with Gasteiger partial charge in [0, 0.05) is 25.2 Å². The van der Waals surface area contributed by atoms with Crippen molar-refractivity contribution in [2.75, 3.05) is 11.9 Å². The highest BCUT2D eigenvalue weighted by Crippen LogP contribution is 2.28. The second-order valence-electron chi connectivity index (χ2n) is 7.25. The lowest BCUT2D eigenvalue weighted by Gasteiger charge is -2.32. The summed E-state index contributed by atoms with van der Waals surface area (Å²) in [6.45, 7) is 9.57. The SMILES string of the molecule is CC1CCC(N(C)c2nc(CNC(C)(C)C)co2)CC1. The summed E-state index contributed by atoms with van der Waals surface area (Å²) < 4.78 is 5.65. The molecule has 1 aromatic rings. The molecule has 2 rings (SSSR count). The third-order valence-electron chi connectivity index (χ3n) is 4.17. The molecule has 4 heteroatoms. The highest BCUT2D eigenvalue weighted by molar-refractivity contribution is 5.27. The summed E-state index contributed by atoms with van der Waals surface area (Å²) >= 11 is 0. The van der Waals surface area contributed by atoms with Gasteiger partial charge in [0.1, 0.15) is 6.26 Å². The maximum absolute atomic E-state index is 5.65. The molecule has 1 heterocycles. The van der Waals surface area contributed by atoms with Gasteiger partial charge in [-0.15, -0.1) is 0 Å². The lowest BCUT2D eigenvalue weighted by atomic mass is 9.87. The van der Waals surface area contributed by atoms with Crippen molar-refractivity contribution in [3.63, 3.8) is 0 Å². The molecule has 0 atom stereocenters. The number of oxazole rings is 1. The molecule has 20 heavy (non-hydrogen) atoms. The van der Waals surface area contributed by atoms with Gasteiger partial charge in [0.2, 0.25) is 0 Å². The van der Waals surface area contributed by atoms with Crippen molar-refractivity contribution < 1.29 is 4.42 Å². The van der Waals surface area contributed by atoms with Crippen molar-refractivity contribution in [3.05, 3.63) is 12.0 Å². The van der Waals surface area contributed by atoms with Crippen molar-refractivity contribution in [1.29, 1.82) is 0 Å². The van der Waals surface area contributed by atoms with E-state index in [-0.39, 0.29) is 5.54 Å². The van der Waals surface area contributed by atoms with Gasteiger partial charge in [-0.05, 0) is 52.4 Å². The Labute approximate surface area is 122 Å². The van der Waals surface area contributed by atoms with Crippen LogP contribution in [0.1, 0.15) is 59.1 Å². The van der Waals surface area contributed by atoms with Crippen LogP contribution in [0.15, 0.2) is 10.7 Å². The first kappa shape index (κ1) is 15.4. The molecule has 1 saturated carbocycles. The van der Waals surface area contributed by atoms with Gasteiger partial charge in [-0.25, -0.2) is 0 Å². The fraction of sp³-hybridized carbons (Fsp3) is 0.812. The first-order valence-corrected chi connectivity index (χ1v) is 7.77. The highest BCUT2D eigenvalue weighted by Gasteiger charge is 2.24. The molecule has 0 aliphatic heterocycles. The van der Waals surface area contributed by atoms with E-state index >= 15 is 0 Å². The first-order valence-electron chi connectivity index (χ1n) is 7.77. The smallest absolute Gasteiger partial charge is 0.297 e. The Morgan fingerprint density at radius 2 is 1.95 bits per heavy atom. The van der Waals surface area contributed by atoms with E-state index in [9.17, 15) is 0 Å². The molecule has 0 amide bonds. The second-order valence-corrected chi connectivity index (χ2v) is 7.25. The van der Waals surface area contributed by atoms with E-state index in [1.807, 2.05) is 0 Å². The zero-order valence-electron chi connectivity index (χ0n) is 13.6. The van der Waals surface area contributed by atoms with Gasteiger partial charge in [0.05, 0.1) is 5.69 Å². The van der Waals surface area contributed by atoms with Crippen LogP contribution in [-0.2, 0) is 6.54 Å². The highest BCUT2D eigenvalue weighted by atomic mass is 16.4. The fourth-order valence-electron chi connectivity index (χ4n) is 2.68. The number of aromatic nitrogens is 1. The zero-order valence-corrected chi connectivity index (χ0v) is 13.6. The molecule has 114 valence electrons. The lowest BCUT2D eigenvalue weighted by Crippen LogP contribution is -2.36. The minimum absolute atomic E-state index is 0.102. The molecular formula is C16H29N3O. The van der Waals surface area contributed by atoms with Crippen molar-refractivity contribution in [2.45, 2.75) is 71.5 Å². The topological polar surface area (TPSA) is 41.3 Å². The predicted molar refractivity (Wildman–Crippen MR) is 82.9 cm³/mol. The quantitative estimate of drug-likeness (QED) is 0.914. The van der Waals surface area contributed by atoms with Gasteiger partial charge in [-0.3, -0.25) is 0 Å². The van der Waals surface area contributed by atoms with Gasteiger partial charge in [-0.1, -0.05) is 6.92 Å². The summed E-state index contributed by atoms with van der Waals surface area (Å²) in [5.74, 6) is 0.871. The molecule has 0 unspecified atom stereocenters. The van der Waals surface area contributed by atoms with E-state index < -0.39 is 0 Å². The van der Waals surface area contributed by atoms with Gasteiger partial charge < -0.3 is 14.6 Å². The van der Waals surface area contributed by atoms with Gasteiger partial charge in [-0.2, -0.15) is 4.98 Å². The Kier molecular flexibility index (Phi) is 4.74. The molecule has 0 spiro atoms. The number of hydrogen-bond acceptors (Lipinski definition) is 4.